The first-order valence-corrected chi connectivity index (χ1v) is 7.95. The lowest BCUT2D eigenvalue weighted by Crippen LogP contribution is -2.38. The quantitative estimate of drug-likeness (QED) is 0.804. The van der Waals surface area contributed by atoms with Crippen LogP contribution in [-0.4, -0.2) is 30.9 Å². The highest BCUT2D eigenvalue weighted by Crippen LogP contribution is 2.33. The Hall–Kier alpha value is -1.30. The number of anilines is 1. The third-order valence-electron chi connectivity index (χ3n) is 3.62. The van der Waals surface area contributed by atoms with Gasteiger partial charge in [-0.3, -0.25) is 9.59 Å². The average Bonchev–Trinajstić information content (AvgIpc) is 2.83. The minimum Gasteiger partial charge on any atom is -0.355 e. The van der Waals surface area contributed by atoms with Gasteiger partial charge in [-0.1, -0.05) is 23.2 Å². The molecule has 0 radical (unpaired) electrons. The van der Waals surface area contributed by atoms with E-state index in [-0.39, 0.29) is 17.9 Å². The van der Waals surface area contributed by atoms with Crippen LogP contribution in [-0.2, 0) is 9.59 Å². The SMILES string of the molecule is CC(N)CCNC(=O)C1CCN(c2cc(Cl)ccc2Cl)C1=O. The molecule has 1 fully saturated rings. The number of halogens is 2. The summed E-state index contributed by atoms with van der Waals surface area (Å²) in [6.45, 7) is 2.79. The lowest BCUT2D eigenvalue weighted by atomic mass is 10.1. The second kappa shape index (κ2) is 7.31. The third-order valence-corrected chi connectivity index (χ3v) is 4.17. The van der Waals surface area contributed by atoms with Crippen molar-refractivity contribution in [2.24, 2.45) is 11.7 Å². The van der Waals surface area contributed by atoms with Crippen molar-refractivity contribution in [3.05, 3.63) is 28.2 Å². The van der Waals surface area contributed by atoms with Gasteiger partial charge in [0.2, 0.25) is 11.8 Å². The molecule has 2 unspecified atom stereocenters. The molecule has 1 aliphatic heterocycles. The monoisotopic (exact) mass is 343 g/mol. The molecule has 1 aromatic carbocycles. The third kappa shape index (κ3) is 3.91. The van der Waals surface area contributed by atoms with Crippen LogP contribution in [0.3, 0.4) is 0 Å². The van der Waals surface area contributed by atoms with Crippen molar-refractivity contribution in [2.75, 3.05) is 18.0 Å². The van der Waals surface area contributed by atoms with Gasteiger partial charge in [-0.15, -0.1) is 0 Å². The number of nitrogens with zero attached hydrogens (tertiary/aromatic N) is 1. The molecule has 1 saturated heterocycles. The second-order valence-corrected chi connectivity index (χ2v) is 6.33. The van der Waals surface area contributed by atoms with E-state index in [9.17, 15) is 9.59 Å². The molecule has 5 nitrogen and oxygen atoms in total. The van der Waals surface area contributed by atoms with E-state index in [4.69, 9.17) is 28.9 Å². The van der Waals surface area contributed by atoms with Gasteiger partial charge in [0, 0.05) is 24.2 Å². The van der Waals surface area contributed by atoms with Crippen LogP contribution < -0.4 is 16.0 Å². The molecule has 1 aliphatic rings. The Morgan fingerprint density at radius 2 is 2.23 bits per heavy atom. The van der Waals surface area contributed by atoms with Crippen LogP contribution >= 0.6 is 23.2 Å². The Labute approximate surface area is 139 Å². The van der Waals surface area contributed by atoms with E-state index in [2.05, 4.69) is 5.32 Å². The predicted octanol–water partition coefficient (Wildman–Crippen LogP) is 2.20. The topological polar surface area (TPSA) is 75.4 Å². The Balaban J connectivity index is 2.03. The van der Waals surface area contributed by atoms with Gasteiger partial charge in [-0.2, -0.15) is 0 Å². The number of nitrogens with two attached hydrogens (primary N) is 1. The molecule has 0 aliphatic carbocycles. The highest BCUT2D eigenvalue weighted by molar-refractivity contribution is 6.36. The fraction of sp³-hybridized carbons (Fsp3) is 0.467. The minimum absolute atomic E-state index is 0.0151. The van der Waals surface area contributed by atoms with Crippen molar-refractivity contribution >= 4 is 40.7 Å². The molecular weight excluding hydrogens is 325 g/mol. The molecule has 1 aromatic rings. The second-order valence-electron chi connectivity index (χ2n) is 5.48. The molecular formula is C15H19Cl2N3O2. The lowest BCUT2D eigenvalue weighted by Gasteiger charge is -2.18. The van der Waals surface area contributed by atoms with Gasteiger partial charge in [0.05, 0.1) is 10.7 Å². The number of nitrogens with one attached hydrogen (secondary N) is 1. The van der Waals surface area contributed by atoms with E-state index >= 15 is 0 Å². The molecule has 0 saturated carbocycles. The summed E-state index contributed by atoms with van der Waals surface area (Å²) in [6.07, 6.45) is 1.14. The zero-order chi connectivity index (χ0) is 16.3. The normalized spacial score (nSPS) is 19.4. The van der Waals surface area contributed by atoms with E-state index in [1.54, 1.807) is 18.2 Å². The fourth-order valence-electron chi connectivity index (χ4n) is 2.40. The van der Waals surface area contributed by atoms with Gasteiger partial charge in [-0.25, -0.2) is 0 Å². The summed E-state index contributed by atoms with van der Waals surface area (Å²) >= 11 is 12.1. The van der Waals surface area contributed by atoms with Gasteiger partial charge in [0.25, 0.3) is 0 Å². The first-order valence-electron chi connectivity index (χ1n) is 7.20. The van der Waals surface area contributed by atoms with Gasteiger partial charge in [-0.05, 0) is 38.0 Å². The highest BCUT2D eigenvalue weighted by atomic mass is 35.5. The molecule has 7 heteroatoms. The van der Waals surface area contributed by atoms with E-state index in [1.165, 1.54) is 4.90 Å². The van der Waals surface area contributed by atoms with Crippen LogP contribution in [0.4, 0.5) is 5.69 Å². The molecule has 22 heavy (non-hydrogen) atoms. The van der Waals surface area contributed by atoms with Crippen LogP contribution in [0.5, 0.6) is 0 Å². The van der Waals surface area contributed by atoms with Gasteiger partial charge >= 0.3 is 0 Å². The minimum atomic E-state index is -0.678. The Kier molecular flexibility index (Phi) is 5.67. The van der Waals surface area contributed by atoms with Crippen molar-refractivity contribution in [3.63, 3.8) is 0 Å². The van der Waals surface area contributed by atoms with Crippen molar-refractivity contribution in [2.45, 2.75) is 25.8 Å². The van der Waals surface area contributed by atoms with Crippen LogP contribution in [0.25, 0.3) is 0 Å². The summed E-state index contributed by atoms with van der Waals surface area (Å²) in [4.78, 5) is 26.1. The van der Waals surface area contributed by atoms with Crippen molar-refractivity contribution in [3.8, 4) is 0 Å². The zero-order valence-corrected chi connectivity index (χ0v) is 13.8. The number of hydrogen-bond acceptors (Lipinski definition) is 3. The number of benzene rings is 1. The Morgan fingerprint density at radius 3 is 2.91 bits per heavy atom. The molecule has 2 rings (SSSR count). The largest absolute Gasteiger partial charge is 0.355 e. The van der Waals surface area contributed by atoms with E-state index in [0.717, 1.165) is 0 Å². The number of amides is 2. The summed E-state index contributed by atoms with van der Waals surface area (Å²) in [6, 6.07) is 4.95. The van der Waals surface area contributed by atoms with Crippen molar-refractivity contribution < 1.29 is 9.59 Å². The summed E-state index contributed by atoms with van der Waals surface area (Å²) in [5, 5.41) is 3.70. The lowest BCUT2D eigenvalue weighted by molar-refractivity contribution is -0.132. The number of carbonyl (C=O) groups is 2. The highest BCUT2D eigenvalue weighted by Gasteiger charge is 2.38. The predicted molar refractivity (Wildman–Crippen MR) is 88.2 cm³/mol. The van der Waals surface area contributed by atoms with Crippen LogP contribution in [0.2, 0.25) is 10.0 Å². The number of hydrogen-bond donors (Lipinski definition) is 2. The number of rotatable bonds is 5. The summed E-state index contributed by atoms with van der Waals surface area (Å²) in [5.41, 5.74) is 6.18. The Morgan fingerprint density at radius 1 is 1.50 bits per heavy atom. The summed E-state index contributed by atoms with van der Waals surface area (Å²) in [7, 11) is 0. The number of carbonyl (C=O) groups excluding carboxylic acids is 2. The van der Waals surface area contributed by atoms with Crippen LogP contribution in [0, 0.1) is 5.92 Å². The van der Waals surface area contributed by atoms with Crippen molar-refractivity contribution in [1.29, 1.82) is 0 Å². The Bertz CT molecular complexity index is 578. The fourth-order valence-corrected chi connectivity index (χ4v) is 2.79. The maximum Gasteiger partial charge on any atom is 0.239 e. The van der Waals surface area contributed by atoms with Gasteiger partial charge < -0.3 is 16.0 Å². The van der Waals surface area contributed by atoms with Gasteiger partial charge in [0.15, 0.2) is 0 Å². The van der Waals surface area contributed by atoms with Crippen LogP contribution in [0.1, 0.15) is 19.8 Å². The molecule has 1 heterocycles. The van der Waals surface area contributed by atoms with Gasteiger partial charge in [0.1, 0.15) is 5.92 Å². The molecule has 2 amide bonds. The van der Waals surface area contributed by atoms with E-state index in [0.29, 0.717) is 41.7 Å². The van der Waals surface area contributed by atoms with E-state index in [1.807, 2.05) is 6.92 Å². The molecule has 0 spiro atoms. The first-order chi connectivity index (χ1) is 10.4. The summed E-state index contributed by atoms with van der Waals surface area (Å²) in [5.74, 6) is -1.18. The molecule has 0 aromatic heterocycles. The smallest absolute Gasteiger partial charge is 0.239 e. The first kappa shape index (κ1) is 17.1. The molecule has 2 atom stereocenters. The van der Waals surface area contributed by atoms with Crippen LogP contribution in [0.15, 0.2) is 18.2 Å². The summed E-state index contributed by atoms with van der Waals surface area (Å²) < 4.78 is 0. The molecule has 0 bridgehead atoms. The maximum absolute atomic E-state index is 12.4. The maximum atomic E-state index is 12.4. The van der Waals surface area contributed by atoms with Crippen molar-refractivity contribution in [1.82, 2.24) is 5.32 Å². The standard InChI is InChI=1S/C15H19Cl2N3O2/c1-9(18)4-6-19-14(21)11-5-7-20(15(11)22)13-8-10(16)2-3-12(13)17/h2-3,8-9,11H,4-7,18H2,1H3,(H,19,21). The molecule has 120 valence electrons. The van der Waals surface area contributed by atoms with E-state index < -0.39 is 5.92 Å². The zero-order valence-electron chi connectivity index (χ0n) is 12.3. The average molecular weight is 344 g/mol. The molecule has 3 N–H and O–H groups in total.